The molecule has 0 amide bonds. The third kappa shape index (κ3) is 2.33. The number of ether oxygens (including phenoxy) is 1. The highest BCUT2D eigenvalue weighted by molar-refractivity contribution is 5.69. The molecule has 1 aliphatic carbocycles. The molecule has 0 aliphatic heterocycles. The molecule has 1 saturated carbocycles. The lowest BCUT2D eigenvalue weighted by Gasteiger charge is -1.99. The van der Waals surface area contributed by atoms with Crippen LogP contribution in [0.2, 0.25) is 0 Å². The van der Waals surface area contributed by atoms with Crippen molar-refractivity contribution in [1.29, 1.82) is 0 Å². The van der Waals surface area contributed by atoms with Crippen LogP contribution in [0.1, 0.15) is 19.8 Å². The minimum Gasteiger partial charge on any atom is -0.465 e. The highest BCUT2D eigenvalue weighted by Crippen LogP contribution is 2.36. The summed E-state index contributed by atoms with van der Waals surface area (Å²) < 4.78 is 4.85. The fourth-order valence-corrected chi connectivity index (χ4v) is 0.931. The summed E-state index contributed by atoms with van der Waals surface area (Å²) in [5, 5.41) is 0. The van der Waals surface area contributed by atoms with Gasteiger partial charge in [0.2, 0.25) is 0 Å². The van der Waals surface area contributed by atoms with Gasteiger partial charge in [-0.3, -0.25) is 4.79 Å². The molecule has 0 N–H and O–H groups in total. The number of carbonyl (C=O) groups excluding carboxylic acids is 2. The SMILES string of the molecule is CCC(=O)OC[C@@H]1C[C@@H]1C=O. The average molecular weight is 156 g/mol. The largest absolute Gasteiger partial charge is 0.465 e. The average Bonchev–Trinajstić information content (AvgIpc) is 2.78. The molecule has 1 aliphatic rings. The van der Waals surface area contributed by atoms with Crippen molar-refractivity contribution in [2.24, 2.45) is 11.8 Å². The van der Waals surface area contributed by atoms with Crippen LogP contribution in [0.15, 0.2) is 0 Å². The molecule has 0 bridgehead atoms. The quantitative estimate of drug-likeness (QED) is 0.446. The van der Waals surface area contributed by atoms with E-state index in [0.29, 0.717) is 18.9 Å². The van der Waals surface area contributed by atoms with Crippen LogP contribution in [-0.2, 0) is 14.3 Å². The van der Waals surface area contributed by atoms with Crippen molar-refractivity contribution in [2.75, 3.05) is 6.61 Å². The van der Waals surface area contributed by atoms with Gasteiger partial charge in [-0.05, 0) is 6.42 Å². The zero-order valence-electron chi connectivity index (χ0n) is 6.58. The normalized spacial score (nSPS) is 27.7. The van der Waals surface area contributed by atoms with Gasteiger partial charge in [0, 0.05) is 18.3 Å². The molecule has 0 aromatic heterocycles. The first-order valence-electron chi connectivity index (χ1n) is 3.88. The van der Waals surface area contributed by atoms with Crippen molar-refractivity contribution in [3.63, 3.8) is 0 Å². The number of hydrogen-bond donors (Lipinski definition) is 0. The standard InChI is InChI=1S/C8H12O3/c1-2-8(10)11-5-7-3-6(7)4-9/h4,6-7H,2-3,5H2,1H3/t6-,7+/m1/s1. The molecule has 11 heavy (non-hydrogen) atoms. The smallest absolute Gasteiger partial charge is 0.305 e. The highest BCUT2D eigenvalue weighted by atomic mass is 16.5. The van der Waals surface area contributed by atoms with Crippen LogP contribution >= 0.6 is 0 Å². The maximum Gasteiger partial charge on any atom is 0.305 e. The fraction of sp³-hybridized carbons (Fsp3) is 0.750. The molecule has 62 valence electrons. The van der Waals surface area contributed by atoms with Crippen molar-refractivity contribution in [3.05, 3.63) is 0 Å². The number of rotatable bonds is 4. The van der Waals surface area contributed by atoms with Gasteiger partial charge < -0.3 is 9.53 Å². The summed E-state index contributed by atoms with van der Waals surface area (Å²) in [7, 11) is 0. The summed E-state index contributed by atoms with van der Waals surface area (Å²) in [5.41, 5.74) is 0. The molecule has 1 rings (SSSR count). The lowest BCUT2D eigenvalue weighted by molar-refractivity contribution is -0.144. The topological polar surface area (TPSA) is 43.4 Å². The highest BCUT2D eigenvalue weighted by Gasteiger charge is 2.37. The summed E-state index contributed by atoms with van der Waals surface area (Å²) >= 11 is 0. The molecular formula is C8H12O3. The van der Waals surface area contributed by atoms with Gasteiger partial charge in [0.05, 0.1) is 6.61 Å². The van der Waals surface area contributed by atoms with E-state index < -0.39 is 0 Å². The van der Waals surface area contributed by atoms with Crippen LogP contribution in [-0.4, -0.2) is 18.9 Å². The van der Waals surface area contributed by atoms with E-state index in [4.69, 9.17) is 4.74 Å². The van der Waals surface area contributed by atoms with Gasteiger partial charge in [0.1, 0.15) is 6.29 Å². The van der Waals surface area contributed by atoms with E-state index in [0.717, 1.165) is 12.7 Å². The first-order valence-corrected chi connectivity index (χ1v) is 3.88. The maximum absolute atomic E-state index is 10.6. The predicted octanol–water partition coefficient (Wildman–Crippen LogP) is 0.775. The summed E-state index contributed by atoms with van der Waals surface area (Å²) in [4.78, 5) is 20.8. The Morgan fingerprint density at radius 3 is 2.91 bits per heavy atom. The number of aldehydes is 1. The van der Waals surface area contributed by atoms with Gasteiger partial charge in [-0.2, -0.15) is 0 Å². The zero-order chi connectivity index (χ0) is 8.27. The van der Waals surface area contributed by atoms with Crippen molar-refractivity contribution in [1.82, 2.24) is 0 Å². The van der Waals surface area contributed by atoms with Crippen molar-refractivity contribution < 1.29 is 14.3 Å². The lowest BCUT2D eigenvalue weighted by Crippen LogP contribution is -2.06. The monoisotopic (exact) mass is 156 g/mol. The van der Waals surface area contributed by atoms with Gasteiger partial charge >= 0.3 is 5.97 Å². The van der Waals surface area contributed by atoms with Crippen LogP contribution in [0.4, 0.5) is 0 Å². The molecule has 1 fully saturated rings. The Balaban J connectivity index is 2.05. The minimum atomic E-state index is -0.179. The third-order valence-corrected chi connectivity index (χ3v) is 1.90. The van der Waals surface area contributed by atoms with Crippen LogP contribution in [0.3, 0.4) is 0 Å². The molecule has 2 atom stereocenters. The zero-order valence-corrected chi connectivity index (χ0v) is 6.58. The molecule has 0 spiro atoms. The van der Waals surface area contributed by atoms with E-state index in [1.165, 1.54) is 0 Å². The van der Waals surface area contributed by atoms with Crippen molar-refractivity contribution in [2.45, 2.75) is 19.8 Å². The van der Waals surface area contributed by atoms with Crippen LogP contribution < -0.4 is 0 Å². The van der Waals surface area contributed by atoms with Gasteiger partial charge in [-0.1, -0.05) is 6.92 Å². The predicted molar refractivity (Wildman–Crippen MR) is 38.9 cm³/mol. The molecular weight excluding hydrogens is 144 g/mol. The van der Waals surface area contributed by atoms with E-state index in [2.05, 4.69) is 0 Å². The Morgan fingerprint density at radius 2 is 2.45 bits per heavy atom. The number of carbonyl (C=O) groups is 2. The Labute approximate surface area is 65.7 Å². The van der Waals surface area contributed by atoms with E-state index in [1.54, 1.807) is 6.92 Å². The molecule has 3 heteroatoms. The second kappa shape index (κ2) is 3.51. The van der Waals surface area contributed by atoms with Crippen molar-refractivity contribution >= 4 is 12.3 Å². The summed E-state index contributed by atoms with van der Waals surface area (Å²) in [6, 6.07) is 0. The summed E-state index contributed by atoms with van der Waals surface area (Å²) in [6.07, 6.45) is 2.24. The van der Waals surface area contributed by atoms with E-state index >= 15 is 0 Å². The Bertz CT molecular complexity index is 165. The minimum absolute atomic E-state index is 0.152. The summed E-state index contributed by atoms with van der Waals surface area (Å²) in [6.45, 7) is 2.18. The molecule has 0 radical (unpaired) electrons. The maximum atomic E-state index is 10.6. The summed E-state index contributed by atoms with van der Waals surface area (Å²) in [5.74, 6) is 0.282. The van der Waals surface area contributed by atoms with Gasteiger partial charge in [0.25, 0.3) is 0 Å². The fourth-order valence-electron chi connectivity index (χ4n) is 0.931. The van der Waals surface area contributed by atoms with Crippen molar-refractivity contribution in [3.8, 4) is 0 Å². The van der Waals surface area contributed by atoms with E-state index in [-0.39, 0.29) is 11.9 Å². The lowest BCUT2D eigenvalue weighted by atomic mass is 10.3. The van der Waals surface area contributed by atoms with E-state index in [1.807, 2.05) is 0 Å². The second-order valence-corrected chi connectivity index (χ2v) is 2.83. The molecule has 0 unspecified atom stereocenters. The van der Waals surface area contributed by atoms with E-state index in [9.17, 15) is 9.59 Å². The first kappa shape index (κ1) is 8.24. The van der Waals surface area contributed by atoms with Crippen LogP contribution in [0.5, 0.6) is 0 Å². The molecule has 0 aromatic carbocycles. The van der Waals surface area contributed by atoms with Gasteiger partial charge in [0.15, 0.2) is 0 Å². The molecule has 3 nitrogen and oxygen atoms in total. The Morgan fingerprint density at radius 1 is 1.73 bits per heavy atom. The van der Waals surface area contributed by atoms with Gasteiger partial charge in [-0.25, -0.2) is 0 Å². The molecule has 0 heterocycles. The number of hydrogen-bond acceptors (Lipinski definition) is 3. The van der Waals surface area contributed by atoms with Crippen LogP contribution in [0, 0.1) is 11.8 Å². The first-order chi connectivity index (χ1) is 5.27. The van der Waals surface area contributed by atoms with Gasteiger partial charge in [-0.15, -0.1) is 0 Å². The second-order valence-electron chi connectivity index (χ2n) is 2.83. The third-order valence-electron chi connectivity index (χ3n) is 1.90. The number of esters is 1. The van der Waals surface area contributed by atoms with Crippen LogP contribution in [0.25, 0.3) is 0 Å². The Hall–Kier alpha value is -0.860. The molecule has 0 saturated heterocycles. The Kier molecular flexibility index (Phi) is 2.63. The molecule has 0 aromatic rings.